The molecular formula is C8H9IO2. The van der Waals surface area contributed by atoms with Crippen molar-refractivity contribution in [1.82, 2.24) is 0 Å². The number of phenols is 1. The Morgan fingerprint density at radius 2 is 2.09 bits per heavy atom. The molecule has 0 saturated carbocycles. The molecule has 0 aliphatic heterocycles. The molecule has 0 bridgehead atoms. The van der Waals surface area contributed by atoms with Crippen LogP contribution in [0.15, 0.2) is 12.1 Å². The van der Waals surface area contributed by atoms with Crippen LogP contribution in [0.2, 0.25) is 0 Å². The van der Waals surface area contributed by atoms with E-state index in [0.29, 0.717) is 5.75 Å². The number of ether oxygens (including phenoxy) is 1. The number of hydrogen-bond donors (Lipinski definition) is 1. The first kappa shape index (κ1) is 8.64. The maximum absolute atomic E-state index is 9.32. The third kappa shape index (κ3) is 1.77. The Labute approximate surface area is 79.3 Å². The quantitative estimate of drug-likeness (QED) is 0.789. The van der Waals surface area contributed by atoms with E-state index in [1.165, 1.54) is 0 Å². The molecule has 0 atom stereocenters. The van der Waals surface area contributed by atoms with Gasteiger partial charge in [0.15, 0.2) is 0 Å². The molecule has 0 fully saturated rings. The number of hydrogen-bond acceptors (Lipinski definition) is 2. The van der Waals surface area contributed by atoms with E-state index in [1.807, 2.05) is 13.0 Å². The lowest BCUT2D eigenvalue weighted by molar-refractivity contribution is 0.406. The summed E-state index contributed by atoms with van der Waals surface area (Å²) in [5.41, 5.74) is 1.03. The van der Waals surface area contributed by atoms with E-state index in [0.717, 1.165) is 9.13 Å². The fourth-order valence-electron chi connectivity index (χ4n) is 0.836. The van der Waals surface area contributed by atoms with Crippen LogP contribution in [0.3, 0.4) is 0 Å². The minimum absolute atomic E-state index is 0.280. The van der Waals surface area contributed by atoms with Gasteiger partial charge in [-0.25, -0.2) is 0 Å². The van der Waals surface area contributed by atoms with Crippen molar-refractivity contribution < 1.29 is 9.84 Å². The van der Waals surface area contributed by atoms with Gasteiger partial charge in [-0.3, -0.25) is 0 Å². The van der Waals surface area contributed by atoms with Crippen LogP contribution in [0.1, 0.15) is 5.56 Å². The maximum Gasteiger partial charge on any atom is 0.132 e. The smallest absolute Gasteiger partial charge is 0.132 e. The summed E-state index contributed by atoms with van der Waals surface area (Å²) in [5, 5.41) is 9.32. The zero-order valence-electron chi connectivity index (χ0n) is 6.39. The van der Waals surface area contributed by atoms with Gasteiger partial charge < -0.3 is 9.84 Å². The van der Waals surface area contributed by atoms with Crippen LogP contribution in [0.25, 0.3) is 0 Å². The van der Waals surface area contributed by atoms with Crippen molar-refractivity contribution in [2.45, 2.75) is 6.92 Å². The molecule has 0 aliphatic carbocycles. The molecule has 0 saturated heterocycles. The monoisotopic (exact) mass is 264 g/mol. The number of aromatic hydroxyl groups is 1. The Kier molecular flexibility index (Phi) is 2.59. The predicted molar refractivity (Wildman–Crippen MR) is 52.1 cm³/mol. The third-order valence-corrected chi connectivity index (χ3v) is 2.85. The fraction of sp³-hybridized carbons (Fsp3) is 0.250. The minimum Gasteiger partial charge on any atom is -0.507 e. The van der Waals surface area contributed by atoms with Crippen LogP contribution in [0.4, 0.5) is 0 Å². The van der Waals surface area contributed by atoms with Gasteiger partial charge in [0.25, 0.3) is 0 Å². The standard InChI is InChI=1S/C8H9IO2/c1-5-3-6(11-2)4-7(10)8(5)9/h3-4,10H,1-2H3. The van der Waals surface area contributed by atoms with Crippen molar-refractivity contribution in [2.75, 3.05) is 7.11 Å². The highest BCUT2D eigenvalue weighted by atomic mass is 127. The molecule has 0 amide bonds. The highest BCUT2D eigenvalue weighted by molar-refractivity contribution is 14.1. The van der Waals surface area contributed by atoms with Gasteiger partial charge in [0.1, 0.15) is 11.5 Å². The second-order valence-electron chi connectivity index (χ2n) is 2.28. The van der Waals surface area contributed by atoms with Crippen LogP contribution in [0.5, 0.6) is 11.5 Å². The van der Waals surface area contributed by atoms with Crippen molar-refractivity contribution >= 4 is 22.6 Å². The number of benzene rings is 1. The van der Waals surface area contributed by atoms with E-state index in [2.05, 4.69) is 22.6 Å². The number of phenolic OH excluding ortho intramolecular Hbond substituents is 1. The van der Waals surface area contributed by atoms with Crippen LogP contribution in [-0.2, 0) is 0 Å². The molecule has 1 N–H and O–H groups in total. The van der Waals surface area contributed by atoms with Crippen molar-refractivity contribution in [3.63, 3.8) is 0 Å². The molecule has 0 spiro atoms. The van der Waals surface area contributed by atoms with Crippen LogP contribution in [-0.4, -0.2) is 12.2 Å². The molecule has 1 aromatic rings. The predicted octanol–water partition coefficient (Wildman–Crippen LogP) is 2.31. The topological polar surface area (TPSA) is 29.5 Å². The zero-order valence-corrected chi connectivity index (χ0v) is 8.55. The minimum atomic E-state index is 0.280. The van der Waals surface area contributed by atoms with E-state index in [-0.39, 0.29) is 5.75 Å². The number of rotatable bonds is 1. The number of halogens is 1. The van der Waals surface area contributed by atoms with Crippen molar-refractivity contribution in [1.29, 1.82) is 0 Å². The molecule has 3 heteroatoms. The molecule has 11 heavy (non-hydrogen) atoms. The summed E-state index contributed by atoms with van der Waals surface area (Å²) in [6.45, 7) is 1.93. The summed E-state index contributed by atoms with van der Waals surface area (Å²) in [6, 6.07) is 3.50. The molecule has 0 unspecified atom stereocenters. The van der Waals surface area contributed by atoms with E-state index < -0.39 is 0 Å². The Morgan fingerprint density at radius 1 is 1.45 bits per heavy atom. The summed E-state index contributed by atoms with van der Waals surface area (Å²) >= 11 is 2.10. The maximum atomic E-state index is 9.32. The highest BCUT2D eigenvalue weighted by Gasteiger charge is 2.03. The Morgan fingerprint density at radius 3 is 2.55 bits per heavy atom. The van der Waals surface area contributed by atoms with Crippen LogP contribution in [0, 0.1) is 10.5 Å². The van der Waals surface area contributed by atoms with Crippen LogP contribution >= 0.6 is 22.6 Å². The third-order valence-electron chi connectivity index (χ3n) is 1.44. The SMILES string of the molecule is COc1cc(C)c(I)c(O)c1. The molecule has 60 valence electrons. The lowest BCUT2D eigenvalue weighted by Gasteiger charge is -2.04. The van der Waals surface area contributed by atoms with Crippen LogP contribution < -0.4 is 4.74 Å². The van der Waals surface area contributed by atoms with E-state index in [1.54, 1.807) is 13.2 Å². The fourth-order valence-corrected chi connectivity index (χ4v) is 1.15. The normalized spacial score (nSPS) is 9.73. The van der Waals surface area contributed by atoms with E-state index in [4.69, 9.17) is 4.74 Å². The summed E-state index contributed by atoms with van der Waals surface area (Å²) < 4.78 is 5.85. The number of aryl methyl sites for hydroxylation is 1. The van der Waals surface area contributed by atoms with Gasteiger partial charge >= 0.3 is 0 Å². The Balaban J connectivity index is 3.21. The molecule has 0 heterocycles. The zero-order chi connectivity index (χ0) is 8.43. The van der Waals surface area contributed by atoms with E-state index >= 15 is 0 Å². The van der Waals surface area contributed by atoms with Gasteiger partial charge in [-0.05, 0) is 41.1 Å². The second kappa shape index (κ2) is 3.30. The van der Waals surface area contributed by atoms with E-state index in [9.17, 15) is 5.11 Å². The molecule has 1 rings (SSSR count). The highest BCUT2D eigenvalue weighted by Crippen LogP contribution is 2.28. The Hall–Kier alpha value is -0.450. The van der Waals surface area contributed by atoms with Crippen molar-refractivity contribution in [3.05, 3.63) is 21.3 Å². The molecule has 0 aromatic heterocycles. The molecule has 1 aromatic carbocycles. The number of methoxy groups -OCH3 is 1. The average molecular weight is 264 g/mol. The van der Waals surface area contributed by atoms with Gasteiger partial charge in [-0.2, -0.15) is 0 Å². The first-order valence-corrected chi connectivity index (χ1v) is 4.26. The molecule has 2 nitrogen and oxygen atoms in total. The van der Waals surface area contributed by atoms with Crippen molar-refractivity contribution in [3.8, 4) is 11.5 Å². The van der Waals surface area contributed by atoms with Gasteiger partial charge in [0.2, 0.25) is 0 Å². The first-order valence-electron chi connectivity index (χ1n) is 3.18. The molecular weight excluding hydrogens is 255 g/mol. The lowest BCUT2D eigenvalue weighted by atomic mass is 10.2. The Bertz CT molecular complexity index is 248. The van der Waals surface area contributed by atoms with Gasteiger partial charge in [0, 0.05) is 6.07 Å². The summed E-state index contributed by atoms with van der Waals surface area (Å²) in [7, 11) is 1.58. The summed E-state index contributed by atoms with van der Waals surface area (Å²) in [6.07, 6.45) is 0. The van der Waals surface area contributed by atoms with Gasteiger partial charge in [-0.15, -0.1) is 0 Å². The van der Waals surface area contributed by atoms with Crippen molar-refractivity contribution in [2.24, 2.45) is 0 Å². The summed E-state index contributed by atoms with van der Waals surface area (Å²) in [5.74, 6) is 0.975. The first-order chi connectivity index (χ1) is 5.15. The second-order valence-corrected chi connectivity index (χ2v) is 3.36. The molecule has 0 radical (unpaired) electrons. The average Bonchev–Trinajstić information content (AvgIpc) is 1.99. The summed E-state index contributed by atoms with van der Waals surface area (Å²) in [4.78, 5) is 0. The van der Waals surface area contributed by atoms with Gasteiger partial charge in [0.05, 0.1) is 10.7 Å². The van der Waals surface area contributed by atoms with Gasteiger partial charge in [-0.1, -0.05) is 0 Å². The molecule has 0 aliphatic rings. The largest absolute Gasteiger partial charge is 0.507 e. The lowest BCUT2D eigenvalue weighted by Crippen LogP contribution is -1.86.